The minimum atomic E-state index is -0.819. The summed E-state index contributed by atoms with van der Waals surface area (Å²) in [6, 6.07) is 5.27. The van der Waals surface area contributed by atoms with Gasteiger partial charge in [0, 0.05) is 11.6 Å². The summed E-state index contributed by atoms with van der Waals surface area (Å²) in [6.07, 6.45) is 0. The van der Waals surface area contributed by atoms with E-state index in [4.69, 9.17) is 16.0 Å². The zero-order valence-electron chi connectivity index (χ0n) is 7.84. The van der Waals surface area contributed by atoms with Crippen molar-refractivity contribution in [1.29, 1.82) is 0 Å². The third kappa shape index (κ3) is 2.12. The Balaban J connectivity index is 2.41. The van der Waals surface area contributed by atoms with Crippen LogP contribution in [0.3, 0.4) is 0 Å². The molecule has 5 heteroatoms. The van der Waals surface area contributed by atoms with E-state index in [9.17, 15) is 13.6 Å². The van der Waals surface area contributed by atoms with Crippen molar-refractivity contribution in [2.45, 2.75) is 0 Å². The van der Waals surface area contributed by atoms with E-state index in [1.165, 1.54) is 12.1 Å². The maximum absolute atomic E-state index is 12.9. The van der Waals surface area contributed by atoms with E-state index in [1.54, 1.807) is 0 Å². The quantitative estimate of drug-likeness (QED) is 0.755. The number of carbonyl (C=O) groups is 1. The van der Waals surface area contributed by atoms with Gasteiger partial charge in [-0.05, 0) is 35.9 Å². The zero-order valence-corrected chi connectivity index (χ0v) is 8.59. The van der Waals surface area contributed by atoms with Gasteiger partial charge in [-0.2, -0.15) is 0 Å². The van der Waals surface area contributed by atoms with Gasteiger partial charge in [-0.1, -0.05) is 0 Å². The van der Waals surface area contributed by atoms with Crippen LogP contribution in [0.5, 0.6) is 0 Å². The van der Waals surface area contributed by atoms with Gasteiger partial charge in [0.2, 0.25) is 5.78 Å². The highest BCUT2D eigenvalue weighted by atomic mass is 35.5. The Morgan fingerprint density at radius 2 is 1.75 bits per heavy atom. The number of benzene rings is 1. The minimum Gasteiger partial charge on any atom is -0.441 e. The Hall–Kier alpha value is -1.68. The van der Waals surface area contributed by atoms with Gasteiger partial charge >= 0.3 is 0 Å². The van der Waals surface area contributed by atoms with Crippen LogP contribution in [0.4, 0.5) is 8.78 Å². The zero-order chi connectivity index (χ0) is 11.7. The van der Waals surface area contributed by atoms with Crippen molar-refractivity contribution in [3.63, 3.8) is 0 Å². The smallest absolute Gasteiger partial charge is 0.228 e. The summed E-state index contributed by atoms with van der Waals surface area (Å²) in [4.78, 5) is 11.7. The van der Waals surface area contributed by atoms with Gasteiger partial charge in [0.25, 0.3) is 0 Å². The summed E-state index contributed by atoms with van der Waals surface area (Å²) < 4.78 is 30.6. The van der Waals surface area contributed by atoms with Gasteiger partial charge < -0.3 is 4.42 Å². The van der Waals surface area contributed by atoms with Gasteiger partial charge in [-0.15, -0.1) is 0 Å². The van der Waals surface area contributed by atoms with Gasteiger partial charge in [-0.25, -0.2) is 8.78 Å². The molecule has 16 heavy (non-hydrogen) atoms. The van der Waals surface area contributed by atoms with Gasteiger partial charge in [-0.3, -0.25) is 4.79 Å². The number of halogens is 3. The normalized spacial score (nSPS) is 10.4. The highest BCUT2D eigenvalue weighted by Crippen LogP contribution is 2.18. The summed E-state index contributed by atoms with van der Waals surface area (Å²) in [5.74, 6) is -2.32. The molecule has 2 aromatic rings. The van der Waals surface area contributed by atoms with E-state index in [0.717, 1.165) is 12.1 Å². The maximum Gasteiger partial charge on any atom is 0.228 e. The van der Waals surface area contributed by atoms with Gasteiger partial charge in [0.05, 0.1) is 0 Å². The lowest BCUT2D eigenvalue weighted by Gasteiger charge is -1.98. The second kappa shape index (κ2) is 4.06. The standard InChI is InChI=1S/C11H5ClF2O2/c12-10-2-1-9(16-10)11(15)6-3-7(13)5-8(14)4-6/h1-5H. The van der Waals surface area contributed by atoms with Crippen LogP contribution >= 0.6 is 11.6 Å². The van der Waals surface area contributed by atoms with E-state index in [-0.39, 0.29) is 16.5 Å². The predicted octanol–water partition coefficient (Wildman–Crippen LogP) is 3.44. The first-order valence-corrected chi connectivity index (χ1v) is 4.70. The summed E-state index contributed by atoms with van der Waals surface area (Å²) >= 11 is 5.49. The lowest BCUT2D eigenvalue weighted by Crippen LogP contribution is -2.01. The Labute approximate surface area is 94.4 Å². The predicted molar refractivity (Wildman–Crippen MR) is 53.5 cm³/mol. The molecule has 0 amide bonds. The number of furan rings is 1. The Morgan fingerprint density at radius 3 is 2.25 bits per heavy atom. The van der Waals surface area contributed by atoms with Crippen LogP contribution in [-0.4, -0.2) is 5.78 Å². The molecule has 0 unspecified atom stereocenters. The van der Waals surface area contributed by atoms with Crippen LogP contribution < -0.4 is 0 Å². The van der Waals surface area contributed by atoms with Crippen LogP contribution in [-0.2, 0) is 0 Å². The van der Waals surface area contributed by atoms with Crippen molar-refractivity contribution in [2.24, 2.45) is 0 Å². The first-order valence-electron chi connectivity index (χ1n) is 4.32. The third-order valence-corrected chi connectivity index (χ3v) is 2.12. The van der Waals surface area contributed by atoms with Gasteiger partial charge in [0.1, 0.15) is 11.6 Å². The van der Waals surface area contributed by atoms with Crippen molar-refractivity contribution in [3.05, 3.63) is 58.5 Å². The van der Waals surface area contributed by atoms with E-state index in [1.807, 2.05) is 0 Å². The Morgan fingerprint density at radius 1 is 1.12 bits per heavy atom. The second-order valence-electron chi connectivity index (χ2n) is 3.09. The summed E-state index contributed by atoms with van der Waals surface area (Å²) in [5, 5.41) is 0.0419. The third-order valence-electron chi connectivity index (χ3n) is 1.92. The van der Waals surface area contributed by atoms with Gasteiger partial charge in [0.15, 0.2) is 11.0 Å². The number of hydrogen-bond acceptors (Lipinski definition) is 2. The lowest BCUT2D eigenvalue weighted by molar-refractivity contribution is 0.101. The Bertz CT molecular complexity index is 528. The fourth-order valence-corrected chi connectivity index (χ4v) is 1.41. The molecule has 0 bridgehead atoms. The molecule has 0 aliphatic carbocycles. The van der Waals surface area contributed by atoms with Crippen LogP contribution in [0.25, 0.3) is 0 Å². The molecule has 0 N–H and O–H groups in total. The van der Waals surface area contributed by atoms with Crippen molar-refractivity contribution < 1.29 is 18.0 Å². The molecular formula is C11H5ClF2O2. The SMILES string of the molecule is O=C(c1cc(F)cc(F)c1)c1ccc(Cl)o1. The molecule has 0 atom stereocenters. The molecule has 0 spiro atoms. The molecule has 1 aromatic carbocycles. The largest absolute Gasteiger partial charge is 0.441 e. The highest BCUT2D eigenvalue weighted by molar-refractivity contribution is 6.29. The molecular weight excluding hydrogens is 238 g/mol. The van der Waals surface area contributed by atoms with E-state index < -0.39 is 17.4 Å². The second-order valence-corrected chi connectivity index (χ2v) is 3.46. The van der Waals surface area contributed by atoms with Crippen LogP contribution in [0, 0.1) is 11.6 Å². The van der Waals surface area contributed by atoms with E-state index in [0.29, 0.717) is 6.07 Å². The molecule has 2 nitrogen and oxygen atoms in total. The topological polar surface area (TPSA) is 30.2 Å². The van der Waals surface area contributed by atoms with E-state index in [2.05, 4.69) is 0 Å². The average molecular weight is 243 g/mol. The summed E-state index contributed by atoms with van der Waals surface area (Å²) in [5.41, 5.74) is -0.122. The van der Waals surface area contributed by atoms with Crippen LogP contribution in [0.1, 0.15) is 16.1 Å². The minimum absolute atomic E-state index is 0.0419. The molecule has 1 heterocycles. The molecule has 82 valence electrons. The number of hydrogen-bond donors (Lipinski definition) is 0. The summed E-state index contributed by atoms with van der Waals surface area (Å²) in [7, 11) is 0. The van der Waals surface area contributed by atoms with Crippen LogP contribution in [0.2, 0.25) is 5.22 Å². The maximum atomic E-state index is 12.9. The summed E-state index contributed by atoms with van der Waals surface area (Å²) in [6.45, 7) is 0. The fourth-order valence-electron chi connectivity index (χ4n) is 1.26. The first kappa shape index (κ1) is 10.8. The molecule has 0 radical (unpaired) electrons. The lowest BCUT2D eigenvalue weighted by atomic mass is 10.1. The molecule has 0 aliphatic rings. The molecule has 0 fully saturated rings. The molecule has 0 saturated carbocycles. The average Bonchev–Trinajstić information content (AvgIpc) is 2.62. The number of ketones is 1. The first-order chi connectivity index (χ1) is 7.56. The van der Waals surface area contributed by atoms with Crippen molar-refractivity contribution in [1.82, 2.24) is 0 Å². The van der Waals surface area contributed by atoms with E-state index >= 15 is 0 Å². The number of rotatable bonds is 2. The van der Waals surface area contributed by atoms with Crippen molar-refractivity contribution in [3.8, 4) is 0 Å². The molecule has 2 rings (SSSR count). The monoisotopic (exact) mass is 242 g/mol. The van der Waals surface area contributed by atoms with Crippen LogP contribution in [0.15, 0.2) is 34.7 Å². The number of carbonyl (C=O) groups excluding carboxylic acids is 1. The van der Waals surface area contributed by atoms with Crippen molar-refractivity contribution in [2.75, 3.05) is 0 Å². The molecule has 0 saturated heterocycles. The molecule has 0 aliphatic heterocycles. The molecule has 1 aromatic heterocycles. The Kier molecular flexibility index (Phi) is 2.75. The fraction of sp³-hybridized carbons (Fsp3) is 0. The highest BCUT2D eigenvalue weighted by Gasteiger charge is 2.15. The van der Waals surface area contributed by atoms with Crippen molar-refractivity contribution >= 4 is 17.4 Å².